The van der Waals surface area contributed by atoms with Crippen LogP contribution in [0.15, 0.2) is 29.3 Å². The van der Waals surface area contributed by atoms with Crippen molar-refractivity contribution in [2.75, 3.05) is 33.4 Å². The number of aliphatic imine (C=N–C) groups is 1. The van der Waals surface area contributed by atoms with Crippen LogP contribution in [0.3, 0.4) is 0 Å². The van der Waals surface area contributed by atoms with Gasteiger partial charge >= 0.3 is 0 Å². The van der Waals surface area contributed by atoms with Crippen LogP contribution in [0.5, 0.6) is 0 Å². The molecule has 1 N–H and O–H groups in total. The van der Waals surface area contributed by atoms with Crippen molar-refractivity contribution in [3.8, 4) is 6.07 Å². The number of likely N-dealkylation sites (tertiary alicyclic amines) is 1. The number of ether oxygens (including phenoxy) is 1. The first-order valence-electron chi connectivity index (χ1n) is 7.77. The Labute approximate surface area is 154 Å². The third kappa shape index (κ3) is 4.15. The van der Waals surface area contributed by atoms with Crippen molar-refractivity contribution < 1.29 is 4.74 Å². The zero-order chi connectivity index (χ0) is 15.4. The summed E-state index contributed by atoms with van der Waals surface area (Å²) in [6.07, 6.45) is 2.35. The lowest BCUT2D eigenvalue weighted by molar-refractivity contribution is 0.156. The minimum atomic E-state index is 0. The van der Waals surface area contributed by atoms with Crippen molar-refractivity contribution in [1.29, 1.82) is 5.26 Å². The van der Waals surface area contributed by atoms with Crippen LogP contribution in [0.1, 0.15) is 24.0 Å². The highest BCUT2D eigenvalue weighted by Crippen LogP contribution is 2.38. The Hall–Kier alpha value is -1.33. The molecule has 2 fully saturated rings. The Kier molecular flexibility index (Phi) is 6.25. The summed E-state index contributed by atoms with van der Waals surface area (Å²) in [5, 5.41) is 12.3. The van der Waals surface area contributed by atoms with E-state index in [0.29, 0.717) is 11.0 Å². The molecular formula is C17H23IN4O. The van der Waals surface area contributed by atoms with Crippen molar-refractivity contribution in [1.82, 2.24) is 10.2 Å². The first kappa shape index (κ1) is 18.0. The zero-order valence-corrected chi connectivity index (χ0v) is 15.7. The van der Waals surface area contributed by atoms with E-state index in [4.69, 9.17) is 10.00 Å². The largest absolute Gasteiger partial charge is 0.381 e. The van der Waals surface area contributed by atoms with Gasteiger partial charge in [-0.3, -0.25) is 4.99 Å². The molecule has 0 radical (unpaired) electrons. The number of halogens is 1. The first-order chi connectivity index (χ1) is 10.7. The average molecular weight is 426 g/mol. The molecule has 2 aliphatic heterocycles. The van der Waals surface area contributed by atoms with Gasteiger partial charge in [-0.15, -0.1) is 24.0 Å². The molecule has 0 aromatic heterocycles. The molecule has 1 aromatic carbocycles. The molecule has 23 heavy (non-hydrogen) atoms. The van der Waals surface area contributed by atoms with Crippen LogP contribution >= 0.6 is 24.0 Å². The van der Waals surface area contributed by atoms with Crippen LogP contribution in [0.2, 0.25) is 0 Å². The molecule has 0 bridgehead atoms. The molecule has 2 saturated heterocycles. The van der Waals surface area contributed by atoms with Crippen LogP contribution in [-0.2, 0) is 11.3 Å². The van der Waals surface area contributed by atoms with E-state index < -0.39 is 0 Å². The minimum Gasteiger partial charge on any atom is -0.381 e. The number of benzene rings is 1. The number of nitriles is 1. The molecule has 1 aromatic rings. The van der Waals surface area contributed by atoms with Gasteiger partial charge in [0.05, 0.1) is 18.2 Å². The van der Waals surface area contributed by atoms with Gasteiger partial charge in [-0.1, -0.05) is 12.1 Å². The highest BCUT2D eigenvalue weighted by atomic mass is 127. The molecule has 1 spiro atoms. The zero-order valence-electron chi connectivity index (χ0n) is 13.4. The second kappa shape index (κ2) is 7.97. The van der Waals surface area contributed by atoms with E-state index in [9.17, 15) is 0 Å². The predicted octanol–water partition coefficient (Wildman–Crippen LogP) is 2.36. The molecular weight excluding hydrogens is 403 g/mol. The maximum Gasteiger partial charge on any atom is 0.193 e. The Morgan fingerprint density at radius 2 is 2.17 bits per heavy atom. The van der Waals surface area contributed by atoms with Crippen LogP contribution < -0.4 is 5.32 Å². The van der Waals surface area contributed by atoms with E-state index in [1.54, 1.807) is 0 Å². The molecule has 3 rings (SSSR count). The molecule has 6 heteroatoms. The summed E-state index contributed by atoms with van der Waals surface area (Å²) in [6, 6.07) is 9.80. The fraction of sp³-hybridized carbons (Fsp3) is 0.529. The van der Waals surface area contributed by atoms with Gasteiger partial charge in [0, 0.05) is 38.7 Å². The molecule has 0 amide bonds. The fourth-order valence-electron chi connectivity index (χ4n) is 3.30. The van der Waals surface area contributed by atoms with Gasteiger partial charge in [0.25, 0.3) is 0 Å². The SMILES string of the molecule is CN=C(NCc1ccc(C#N)cc1)N1CCC2(CCOC2)C1.I. The molecule has 2 aliphatic rings. The predicted molar refractivity (Wildman–Crippen MR) is 101 cm³/mol. The number of nitrogens with one attached hydrogen (secondary N) is 1. The first-order valence-corrected chi connectivity index (χ1v) is 7.77. The van der Waals surface area contributed by atoms with Crippen molar-refractivity contribution >= 4 is 29.9 Å². The summed E-state index contributed by atoms with van der Waals surface area (Å²) < 4.78 is 5.58. The van der Waals surface area contributed by atoms with Gasteiger partial charge in [-0.2, -0.15) is 5.26 Å². The van der Waals surface area contributed by atoms with Crippen molar-refractivity contribution in [2.24, 2.45) is 10.4 Å². The number of rotatable bonds is 2. The van der Waals surface area contributed by atoms with Crippen LogP contribution in [0, 0.1) is 16.7 Å². The van der Waals surface area contributed by atoms with E-state index in [1.165, 1.54) is 6.42 Å². The van der Waals surface area contributed by atoms with Gasteiger partial charge in [0.15, 0.2) is 5.96 Å². The Morgan fingerprint density at radius 3 is 2.78 bits per heavy atom. The van der Waals surface area contributed by atoms with Crippen LogP contribution in [0.25, 0.3) is 0 Å². The Bertz CT molecular complexity index is 588. The van der Waals surface area contributed by atoms with Crippen molar-refractivity contribution in [3.05, 3.63) is 35.4 Å². The fourth-order valence-corrected chi connectivity index (χ4v) is 3.30. The summed E-state index contributed by atoms with van der Waals surface area (Å²) in [5.74, 6) is 0.952. The second-order valence-corrected chi connectivity index (χ2v) is 6.18. The maximum absolute atomic E-state index is 8.83. The third-order valence-electron chi connectivity index (χ3n) is 4.67. The number of hydrogen-bond donors (Lipinski definition) is 1. The lowest BCUT2D eigenvalue weighted by Gasteiger charge is -2.25. The molecule has 1 atom stereocenters. The van der Waals surface area contributed by atoms with E-state index in [-0.39, 0.29) is 24.0 Å². The molecule has 2 heterocycles. The smallest absolute Gasteiger partial charge is 0.193 e. The van der Waals surface area contributed by atoms with Gasteiger partial charge in [0.2, 0.25) is 0 Å². The standard InChI is InChI=1S/C17H22N4O.HI/c1-19-16(20-11-15-4-2-14(10-18)3-5-15)21-8-6-17(12-21)7-9-22-13-17;/h2-5H,6-9,11-13H2,1H3,(H,19,20);1H. The second-order valence-electron chi connectivity index (χ2n) is 6.18. The molecule has 5 nitrogen and oxygen atoms in total. The molecule has 124 valence electrons. The van der Waals surface area contributed by atoms with Crippen LogP contribution in [0.4, 0.5) is 0 Å². The number of guanidine groups is 1. The lowest BCUT2D eigenvalue weighted by Crippen LogP contribution is -2.41. The van der Waals surface area contributed by atoms with Crippen LogP contribution in [-0.4, -0.2) is 44.2 Å². The highest BCUT2D eigenvalue weighted by Gasteiger charge is 2.42. The average Bonchev–Trinajstić information content (AvgIpc) is 3.19. The van der Waals surface area contributed by atoms with Gasteiger partial charge < -0.3 is 15.0 Å². The topological polar surface area (TPSA) is 60.7 Å². The monoisotopic (exact) mass is 426 g/mol. The van der Waals surface area contributed by atoms with E-state index in [2.05, 4.69) is 21.3 Å². The molecule has 0 saturated carbocycles. The van der Waals surface area contributed by atoms with Gasteiger partial charge in [-0.25, -0.2) is 0 Å². The summed E-state index contributed by atoms with van der Waals surface area (Å²) in [5.41, 5.74) is 2.18. The Balaban J connectivity index is 0.00000192. The van der Waals surface area contributed by atoms with E-state index >= 15 is 0 Å². The summed E-state index contributed by atoms with van der Waals surface area (Å²) in [7, 11) is 1.83. The van der Waals surface area contributed by atoms with Gasteiger partial charge in [0.1, 0.15) is 0 Å². The highest BCUT2D eigenvalue weighted by molar-refractivity contribution is 14.0. The quantitative estimate of drug-likeness (QED) is 0.448. The Morgan fingerprint density at radius 1 is 1.39 bits per heavy atom. The van der Waals surface area contributed by atoms with E-state index in [1.807, 2.05) is 31.3 Å². The number of nitrogens with zero attached hydrogens (tertiary/aromatic N) is 3. The van der Waals surface area contributed by atoms with Crippen molar-refractivity contribution in [2.45, 2.75) is 19.4 Å². The third-order valence-corrected chi connectivity index (χ3v) is 4.67. The summed E-state index contributed by atoms with van der Waals surface area (Å²) in [4.78, 5) is 6.74. The van der Waals surface area contributed by atoms with Crippen molar-refractivity contribution in [3.63, 3.8) is 0 Å². The van der Waals surface area contributed by atoms with E-state index in [0.717, 1.165) is 50.8 Å². The summed E-state index contributed by atoms with van der Waals surface area (Å²) in [6.45, 7) is 4.57. The van der Waals surface area contributed by atoms with Gasteiger partial charge in [-0.05, 0) is 30.5 Å². The maximum atomic E-state index is 8.83. The molecule has 0 aliphatic carbocycles. The molecule has 1 unspecified atom stereocenters. The normalized spacial score (nSPS) is 23.7. The lowest BCUT2D eigenvalue weighted by atomic mass is 9.87. The number of hydrogen-bond acceptors (Lipinski definition) is 3. The minimum absolute atomic E-state index is 0. The summed E-state index contributed by atoms with van der Waals surface area (Å²) >= 11 is 0.